The van der Waals surface area contributed by atoms with Gasteiger partial charge in [0.25, 0.3) is 5.91 Å². The molecule has 1 aromatic heterocycles. The quantitative estimate of drug-likeness (QED) is 0.645. The predicted molar refractivity (Wildman–Crippen MR) is 82.6 cm³/mol. The SMILES string of the molecule is COCCNc1c(C(N)=O)c(Br)nn1[C@H]1CCNC1.Cl. The van der Waals surface area contributed by atoms with Crippen LogP contribution in [0.25, 0.3) is 0 Å². The number of nitrogens with zero attached hydrogens (tertiary/aromatic N) is 2. The van der Waals surface area contributed by atoms with Gasteiger partial charge in [0.1, 0.15) is 16.0 Å². The molecule has 1 amide bonds. The van der Waals surface area contributed by atoms with E-state index in [0.717, 1.165) is 19.5 Å². The van der Waals surface area contributed by atoms with E-state index in [9.17, 15) is 4.79 Å². The minimum atomic E-state index is -0.496. The number of hydrogen-bond donors (Lipinski definition) is 3. The summed E-state index contributed by atoms with van der Waals surface area (Å²) >= 11 is 3.30. The number of methoxy groups -OCH3 is 1. The van der Waals surface area contributed by atoms with Gasteiger partial charge < -0.3 is 21.1 Å². The number of nitrogens with one attached hydrogen (secondary N) is 2. The third-order valence-electron chi connectivity index (χ3n) is 3.09. The van der Waals surface area contributed by atoms with Gasteiger partial charge >= 0.3 is 0 Å². The van der Waals surface area contributed by atoms with Crippen LogP contribution in [0.4, 0.5) is 5.82 Å². The molecular weight excluding hydrogens is 350 g/mol. The van der Waals surface area contributed by atoms with E-state index in [1.54, 1.807) is 7.11 Å². The second-order valence-corrected chi connectivity index (χ2v) is 5.14. The zero-order valence-corrected chi connectivity index (χ0v) is 13.6. The van der Waals surface area contributed by atoms with Crippen molar-refractivity contribution in [3.8, 4) is 0 Å². The maximum atomic E-state index is 11.6. The van der Waals surface area contributed by atoms with Crippen molar-refractivity contribution < 1.29 is 9.53 Å². The fourth-order valence-electron chi connectivity index (χ4n) is 2.18. The van der Waals surface area contributed by atoms with Gasteiger partial charge in [0.05, 0.1) is 12.6 Å². The first kappa shape index (κ1) is 17.2. The lowest BCUT2D eigenvalue weighted by atomic mass is 10.2. The van der Waals surface area contributed by atoms with Gasteiger partial charge in [0.15, 0.2) is 0 Å². The van der Waals surface area contributed by atoms with Gasteiger partial charge in [-0.15, -0.1) is 12.4 Å². The van der Waals surface area contributed by atoms with Crippen LogP contribution < -0.4 is 16.4 Å². The van der Waals surface area contributed by atoms with Crippen LogP contribution in [0.3, 0.4) is 0 Å². The second kappa shape index (κ2) is 7.82. The number of primary amides is 1. The number of nitrogens with two attached hydrogens (primary N) is 1. The fraction of sp³-hybridized carbons (Fsp3) is 0.636. The Hall–Kier alpha value is -0.830. The highest BCUT2D eigenvalue weighted by Crippen LogP contribution is 2.29. The molecule has 0 bridgehead atoms. The van der Waals surface area contributed by atoms with Crippen molar-refractivity contribution in [1.29, 1.82) is 0 Å². The number of ether oxygens (including phenoxy) is 1. The second-order valence-electron chi connectivity index (χ2n) is 4.39. The van der Waals surface area contributed by atoms with Crippen LogP contribution in [0.2, 0.25) is 0 Å². The average molecular weight is 369 g/mol. The van der Waals surface area contributed by atoms with Crippen molar-refractivity contribution in [2.45, 2.75) is 12.5 Å². The summed E-state index contributed by atoms with van der Waals surface area (Å²) in [5.41, 5.74) is 5.81. The number of carbonyl (C=O) groups excluding carboxylic acids is 1. The Morgan fingerprint density at radius 2 is 2.45 bits per heavy atom. The van der Waals surface area contributed by atoms with Crippen LogP contribution in [0.15, 0.2) is 4.60 Å². The lowest BCUT2D eigenvalue weighted by Gasteiger charge is -2.15. The molecule has 9 heteroatoms. The van der Waals surface area contributed by atoms with Crippen molar-refractivity contribution in [1.82, 2.24) is 15.1 Å². The molecular formula is C11H19BrClN5O2. The van der Waals surface area contributed by atoms with Gasteiger partial charge in [0, 0.05) is 20.2 Å². The van der Waals surface area contributed by atoms with E-state index < -0.39 is 5.91 Å². The van der Waals surface area contributed by atoms with Gasteiger partial charge in [-0.05, 0) is 28.9 Å². The topological polar surface area (TPSA) is 94.2 Å². The Bertz CT molecular complexity index is 462. The maximum Gasteiger partial charge on any atom is 0.255 e. The van der Waals surface area contributed by atoms with Crippen LogP contribution in [-0.4, -0.2) is 49.0 Å². The van der Waals surface area contributed by atoms with Crippen LogP contribution in [0, 0.1) is 0 Å². The molecule has 0 radical (unpaired) electrons. The molecule has 0 aliphatic carbocycles. The van der Waals surface area contributed by atoms with Crippen LogP contribution in [0.5, 0.6) is 0 Å². The summed E-state index contributed by atoms with van der Waals surface area (Å²) in [7, 11) is 1.63. The molecule has 1 aromatic rings. The number of carbonyl (C=O) groups is 1. The molecule has 2 rings (SSSR count). The van der Waals surface area contributed by atoms with E-state index in [4.69, 9.17) is 10.5 Å². The highest BCUT2D eigenvalue weighted by molar-refractivity contribution is 9.10. The summed E-state index contributed by atoms with van der Waals surface area (Å²) in [4.78, 5) is 11.6. The average Bonchev–Trinajstić information content (AvgIpc) is 2.96. The van der Waals surface area contributed by atoms with Crippen molar-refractivity contribution in [2.24, 2.45) is 5.73 Å². The molecule has 7 nitrogen and oxygen atoms in total. The Morgan fingerprint density at radius 3 is 3.00 bits per heavy atom. The summed E-state index contributed by atoms with van der Waals surface area (Å²) in [6.07, 6.45) is 0.977. The molecule has 1 aliphatic rings. The van der Waals surface area contributed by atoms with Crippen molar-refractivity contribution in [3.05, 3.63) is 10.2 Å². The van der Waals surface area contributed by atoms with Gasteiger partial charge in [0.2, 0.25) is 0 Å². The molecule has 0 saturated carbocycles. The van der Waals surface area contributed by atoms with E-state index in [2.05, 4.69) is 31.7 Å². The molecule has 4 N–H and O–H groups in total. The van der Waals surface area contributed by atoms with E-state index >= 15 is 0 Å². The number of amides is 1. The predicted octanol–water partition coefficient (Wildman–Crippen LogP) is 0.759. The molecule has 20 heavy (non-hydrogen) atoms. The third-order valence-corrected chi connectivity index (χ3v) is 3.65. The number of hydrogen-bond acceptors (Lipinski definition) is 5. The molecule has 1 saturated heterocycles. The van der Waals surface area contributed by atoms with Crippen molar-refractivity contribution in [2.75, 3.05) is 38.7 Å². The minimum Gasteiger partial charge on any atom is -0.383 e. The first-order chi connectivity index (χ1) is 9.15. The smallest absolute Gasteiger partial charge is 0.255 e. The van der Waals surface area contributed by atoms with Crippen molar-refractivity contribution in [3.63, 3.8) is 0 Å². The number of halogens is 2. The van der Waals surface area contributed by atoms with Crippen LogP contribution in [-0.2, 0) is 4.74 Å². The number of anilines is 1. The highest BCUT2D eigenvalue weighted by Gasteiger charge is 2.26. The van der Waals surface area contributed by atoms with E-state index in [-0.39, 0.29) is 18.4 Å². The number of rotatable bonds is 6. The summed E-state index contributed by atoms with van der Waals surface area (Å²) in [5, 5.41) is 10.8. The molecule has 0 spiro atoms. The molecule has 1 fully saturated rings. The largest absolute Gasteiger partial charge is 0.383 e. The third kappa shape index (κ3) is 3.63. The van der Waals surface area contributed by atoms with E-state index in [1.165, 1.54) is 0 Å². The molecule has 0 unspecified atom stereocenters. The molecule has 2 heterocycles. The first-order valence-corrected chi connectivity index (χ1v) is 6.95. The van der Waals surface area contributed by atoms with Crippen LogP contribution >= 0.6 is 28.3 Å². The lowest BCUT2D eigenvalue weighted by molar-refractivity contribution is 0.1000. The number of aromatic nitrogens is 2. The Balaban J connectivity index is 0.00000200. The molecule has 0 aromatic carbocycles. The Morgan fingerprint density at radius 1 is 1.70 bits per heavy atom. The van der Waals surface area contributed by atoms with Gasteiger partial charge in [-0.3, -0.25) is 4.79 Å². The minimum absolute atomic E-state index is 0. The molecule has 114 valence electrons. The molecule has 1 atom stereocenters. The first-order valence-electron chi connectivity index (χ1n) is 6.16. The maximum absolute atomic E-state index is 11.6. The highest BCUT2D eigenvalue weighted by atomic mass is 79.9. The van der Waals surface area contributed by atoms with Gasteiger partial charge in [-0.2, -0.15) is 5.10 Å². The lowest BCUT2D eigenvalue weighted by Crippen LogP contribution is -2.21. The van der Waals surface area contributed by atoms with E-state index in [0.29, 0.717) is 29.1 Å². The van der Waals surface area contributed by atoms with Crippen LogP contribution in [0.1, 0.15) is 22.8 Å². The zero-order valence-electron chi connectivity index (χ0n) is 11.2. The summed E-state index contributed by atoms with van der Waals surface area (Å²) in [5.74, 6) is 0.161. The summed E-state index contributed by atoms with van der Waals surface area (Å²) in [6, 6.07) is 0.231. The van der Waals surface area contributed by atoms with Gasteiger partial charge in [-0.1, -0.05) is 0 Å². The normalized spacial score (nSPS) is 17.8. The van der Waals surface area contributed by atoms with E-state index in [1.807, 2.05) is 4.68 Å². The Kier molecular flexibility index (Phi) is 6.74. The standard InChI is InChI=1S/C11H18BrN5O2.ClH/c1-19-5-4-15-11-8(10(13)18)9(12)16-17(11)7-2-3-14-6-7;/h7,14-15H,2-6H2,1H3,(H2,13,18);1H/t7-;/m0./s1. The zero-order chi connectivity index (χ0) is 13.8. The fourth-order valence-corrected chi connectivity index (χ4v) is 2.73. The Labute approximate surface area is 132 Å². The summed E-state index contributed by atoms with van der Waals surface area (Å²) in [6.45, 7) is 2.93. The van der Waals surface area contributed by atoms with Crippen molar-refractivity contribution >= 4 is 40.1 Å². The molecule has 1 aliphatic heterocycles. The summed E-state index contributed by atoms with van der Waals surface area (Å²) < 4.78 is 7.32. The monoisotopic (exact) mass is 367 g/mol. The van der Waals surface area contributed by atoms with Gasteiger partial charge in [-0.25, -0.2) is 4.68 Å².